The predicted molar refractivity (Wildman–Crippen MR) is 100 cm³/mol. The van der Waals surface area contributed by atoms with Gasteiger partial charge in [0, 0.05) is 31.8 Å². The minimum Gasteiger partial charge on any atom is -0.481 e. The second-order valence-electron chi connectivity index (χ2n) is 6.93. The Hall–Kier alpha value is -2.50. The number of rotatable bonds is 8. The maximum Gasteiger partial charge on any atom is 0.416 e. The van der Waals surface area contributed by atoms with E-state index in [2.05, 4.69) is 4.98 Å². The molecule has 0 radical (unpaired) electrons. The smallest absolute Gasteiger partial charge is 0.416 e. The highest BCUT2D eigenvalue weighted by molar-refractivity contribution is 7.89. The lowest BCUT2D eigenvalue weighted by Gasteiger charge is -2.18. The van der Waals surface area contributed by atoms with E-state index in [4.69, 9.17) is 9.84 Å². The first-order valence-corrected chi connectivity index (χ1v) is 10.4. The number of likely N-dealkylation sites (N-methyl/N-ethyl adjacent to an activating group) is 1. The monoisotopic (exact) mass is 444 g/mol. The quantitative estimate of drug-likeness (QED) is 0.629. The van der Waals surface area contributed by atoms with Gasteiger partial charge in [-0.3, -0.25) is 9.78 Å². The van der Waals surface area contributed by atoms with Crippen molar-refractivity contribution in [3.63, 3.8) is 0 Å². The summed E-state index contributed by atoms with van der Waals surface area (Å²) in [5, 5.41) is 8.73. The van der Waals surface area contributed by atoms with Gasteiger partial charge < -0.3 is 9.84 Å². The number of epoxide rings is 1. The Bertz CT molecular complexity index is 1040. The van der Waals surface area contributed by atoms with Crippen molar-refractivity contribution in [3.05, 3.63) is 47.7 Å². The third-order valence-electron chi connectivity index (χ3n) is 4.55. The van der Waals surface area contributed by atoms with E-state index in [1.54, 1.807) is 6.07 Å². The molecule has 11 heteroatoms. The van der Waals surface area contributed by atoms with Crippen molar-refractivity contribution in [2.24, 2.45) is 0 Å². The molecule has 2 aromatic rings. The standard InChI is InChI=1S/C19H19F3N2O5S/c1-24(10-15-11-29-15)30(27,28)16-7-13(6-14(8-16)19(20,21)22)17-4-2-12(9-23-17)3-5-18(25)26/h2,4,6-9,15H,3,5,10-11H2,1H3,(H,25,26). The van der Waals surface area contributed by atoms with Crippen LogP contribution in [0.5, 0.6) is 0 Å². The maximum absolute atomic E-state index is 13.4. The van der Waals surface area contributed by atoms with Crippen LogP contribution in [-0.4, -0.2) is 55.1 Å². The molecule has 30 heavy (non-hydrogen) atoms. The number of ether oxygens (including phenoxy) is 1. The third-order valence-corrected chi connectivity index (χ3v) is 6.35. The molecular formula is C19H19F3N2O5S. The minimum absolute atomic E-state index is 0.00995. The third kappa shape index (κ3) is 5.35. The Labute approximate surface area is 171 Å². The van der Waals surface area contributed by atoms with Gasteiger partial charge in [-0.05, 0) is 36.2 Å². The highest BCUT2D eigenvalue weighted by Crippen LogP contribution is 2.35. The summed E-state index contributed by atoms with van der Waals surface area (Å²) in [5.74, 6) is -0.979. The van der Waals surface area contributed by atoms with Crippen LogP contribution in [0.1, 0.15) is 17.5 Å². The molecule has 7 nitrogen and oxygen atoms in total. The van der Waals surface area contributed by atoms with E-state index in [-0.39, 0.29) is 36.7 Å². The average Bonchev–Trinajstić information content (AvgIpc) is 3.49. The molecule has 162 valence electrons. The van der Waals surface area contributed by atoms with Crippen molar-refractivity contribution in [1.82, 2.24) is 9.29 Å². The number of carboxylic acid groups (broad SMARTS) is 1. The number of carboxylic acids is 1. The second-order valence-corrected chi connectivity index (χ2v) is 8.98. The normalized spacial score (nSPS) is 16.6. The summed E-state index contributed by atoms with van der Waals surface area (Å²) in [5.41, 5.74) is -0.370. The number of pyridine rings is 1. The van der Waals surface area contributed by atoms with Crippen LogP contribution in [-0.2, 0) is 32.2 Å². The van der Waals surface area contributed by atoms with Crippen LogP contribution in [0.4, 0.5) is 13.2 Å². The summed E-state index contributed by atoms with van der Waals surface area (Å²) in [6.45, 7) is 0.455. The first-order chi connectivity index (χ1) is 14.0. The van der Waals surface area contributed by atoms with Gasteiger partial charge >= 0.3 is 12.1 Å². The lowest BCUT2D eigenvalue weighted by Crippen LogP contribution is -2.30. The number of nitrogens with zero attached hydrogens (tertiary/aromatic N) is 2. The molecule has 1 atom stereocenters. The average molecular weight is 444 g/mol. The van der Waals surface area contributed by atoms with Gasteiger partial charge in [0.15, 0.2) is 0 Å². The molecule has 0 bridgehead atoms. The van der Waals surface area contributed by atoms with Crippen molar-refractivity contribution in [2.75, 3.05) is 20.2 Å². The van der Waals surface area contributed by atoms with E-state index in [9.17, 15) is 26.4 Å². The molecular weight excluding hydrogens is 425 g/mol. The fourth-order valence-electron chi connectivity index (χ4n) is 2.79. The molecule has 1 aliphatic heterocycles. The number of hydrogen-bond acceptors (Lipinski definition) is 5. The number of sulfonamides is 1. The molecule has 2 heterocycles. The fourth-order valence-corrected chi connectivity index (χ4v) is 4.07. The molecule has 0 aliphatic carbocycles. The Morgan fingerprint density at radius 1 is 1.30 bits per heavy atom. The van der Waals surface area contributed by atoms with E-state index in [0.717, 1.165) is 16.4 Å². The number of benzene rings is 1. The zero-order valence-corrected chi connectivity index (χ0v) is 16.7. The highest BCUT2D eigenvalue weighted by atomic mass is 32.2. The van der Waals surface area contributed by atoms with E-state index >= 15 is 0 Å². The first kappa shape index (κ1) is 22.2. The van der Waals surface area contributed by atoms with Gasteiger partial charge in [0.25, 0.3) is 0 Å². The van der Waals surface area contributed by atoms with Crippen molar-refractivity contribution >= 4 is 16.0 Å². The van der Waals surface area contributed by atoms with Crippen molar-refractivity contribution < 1.29 is 36.2 Å². The zero-order valence-electron chi connectivity index (χ0n) is 15.9. The van der Waals surface area contributed by atoms with E-state index in [1.807, 2.05) is 0 Å². The fraction of sp³-hybridized carbons (Fsp3) is 0.368. The molecule has 1 aromatic carbocycles. The van der Waals surface area contributed by atoms with E-state index < -0.39 is 32.6 Å². The number of aliphatic carboxylic acids is 1. The molecule has 1 N–H and O–H groups in total. The predicted octanol–water partition coefficient (Wildman–Crippen LogP) is 2.80. The maximum atomic E-state index is 13.4. The van der Waals surface area contributed by atoms with Gasteiger partial charge in [-0.15, -0.1) is 0 Å². The van der Waals surface area contributed by atoms with Gasteiger partial charge in [0.1, 0.15) is 0 Å². The lowest BCUT2D eigenvalue weighted by molar-refractivity contribution is -0.138. The Morgan fingerprint density at radius 3 is 2.53 bits per heavy atom. The summed E-state index contributed by atoms with van der Waals surface area (Å²) in [7, 11) is -2.89. The number of aryl methyl sites for hydroxylation is 1. The number of halogens is 3. The van der Waals surface area contributed by atoms with Crippen LogP contribution >= 0.6 is 0 Å². The van der Waals surface area contributed by atoms with Crippen LogP contribution in [0.15, 0.2) is 41.4 Å². The van der Waals surface area contributed by atoms with Gasteiger partial charge in [0.05, 0.1) is 28.9 Å². The molecule has 1 aromatic heterocycles. The Balaban J connectivity index is 1.98. The Kier molecular flexibility index (Phi) is 6.16. The molecule has 1 aliphatic rings. The summed E-state index contributed by atoms with van der Waals surface area (Å²) < 4.78 is 71.8. The minimum atomic E-state index is -4.75. The van der Waals surface area contributed by atoms with Crippen molar-refractivity contribution in [3.8, 4) is 11.3 Å². The molecule has 1 fully saturated rings. The molecule has 0 saturated carbocycles. The van der Waals surface area contributed by atoms with E-state index in [0.29, 0.717) is 18.2 Å². The van der Waals surface area contributed by atoms with Gasteiger partial charge in [0.2, 0.25) is 10.0 Å². The summed E-state index contributed by atoms with van der Waals surface area (Å²) in [6.07, 6.45) is -3.53. The molecule has 1 saturated heterocycles. The first-order valence-electron chi connectivity index (χ1n) is 8.94. The van der Waals surface area contributed by atoms with Gasteiger partial charge in [-0.25, -0.2) is 8.42 Å². The van der Waals surface area contributed by atoms with Crippen LogP contribution in [0, 0.1) is 0 Å². The van der Waals surface area contributed by atoms with Crippen LogP contribution in [0.2, 0.25) is 0 Å². The number of hydrogen-bond donors (Lipinski definition) is 1. The van der Waals surface area contributed by atoms with E-state index in [1.165, 1.54) is 19.3 Å². The molecule has 3 rings (SSSR count). The van der Waals surface area contributed by atoms with Crippen LogP contribution in [0.3, 0.4) is 0 Å². The van der Waals surface area contributed by atoms with Crippen molar-refractivity contribution in [1.29, 1.82) is 0 Å². The molecule has 1 unspecified atom stereocenters. The summed E-state index contributed by atoms with van der Waals surface area (Å²) >= 11 is 0. The van der Waals surface area contributed by atoms with Crippen LogP contribution < -0.4 is 0 Å². The zero-order chi connectivity index (χ0) is 22.1. The SMILES string of the molecule is CN(CC1CO1)S(=O)(=O)c1cc(-c2ccc(CCC(=O)O)cn2)cc(C(F)(F)F)c1. The number of carbonyl (C=O) groups is 1. The lowest BCUT2D eigenvalue weighted by atomic mass is 10.1. The van der Waals surface area contributed by atoms with Crippen molar-refractivity contribution in [2.45, 2.75) is 30.0 Å². The van der Waals surface area contributed by atoms with Gasteiger partial charge in [-0.2, -0.15) is 17.5 Å². The largest absolute Gasteiger partial charge is 0.481 e. The number of alkyl halides is 3. The molecule has 0 amide bonds. The highest BCUT2D eigenvalue weighted by Gasteiger charge is 2.35. The summed E-state index contributed by atoms with van der Waals surface area (Å²) in [6, 6.07) is 5.57. The van der Waals surface area contributed by atoms with Gasteiger partial charge in [-0.1, -0.05) is 6.07 Å². The second kappa shape index (κ2) is 8.32. The Morgan fingerprint density at radius 2 is 2.00 bits per heavy atom. The number of aromatic nitrogens is 1. The summed E-state index contributed by atoms with van der Waals surface area (Å²) in [4.78, 5) is 14.2. The topological polar surface area (TPSA) is 100 Å². The molecule has 0 spiro atoms. The van der Waals surface area contributed by atoms with Crippen LogP contribution in [0.25, 0.3) is 11.3 Å².